The number of nitrogens with zero attached hydrogens (tertiary/aromatic N) is 2. The molecule has 0 atom stereocenters. The molecule has 13 heteroatoms. The van der Waals surface area contributed by atoms with Crippen molar-refractivity contribution in [1.29, 1.82) is 0 Å². The quantitative estimate of drug-likeness (QED) is 0.343. The molecule has 0 saturated carbocycles. The van der Waals surface area contributed by atoms with Gasteiger partial charge in [-0.05, 0) is 19.1 Å². The summed E-state index contributed by atoms with van der Waals surface area (Å²) in [5.41, 5.74) is -1.58. The lowest BCUT2D eigenvalue weighted by molar-refractivity contribution is -0.384. The van der Waals surface area contributed by atoms with Crippen molar-refractivity contribution in [3.05, 3.63) is 45.0 Å². The second-order valence-electron chi connectivity index (χ2n) is 5.84. The van der Waals surface area contributed by atoms with E-state index in [0.29, 0.717) is 11.8 Å². The van der Waals surface area contributed by atoms with Gasteiger partial charge in [0.2, 0.25) is 5.91 Å². The van der Waals surface area contributed by atoms with Crippen molar-refractivity contribution in [3.63, 3.8) is 0 Å². The Labute approximate surface area is 172 Å². The fourth-order valence-corrected chi connectivity index (χ4v) is 3.03. The molecule has 1 amide bonds. The minimum absolute atomic E-state index is 0.0284. The van der Waals surface area contributed by atoms with Gasteiger partial charge in [0.25, 0.3) is 5.69 Å². The first kappa shape index (κ1) is 23.1. The number of rotatable bonds is 9. The number of benzene rings is 1. The van der Waals surface area contributed by atoms with Crippen LogP contribution >= 0.6 is 11.3 Å². The van der Waals surface area contributed by atoms with Gasteiger partial charge in [-0.3, -0.25) is 19.7 Å². The Hall–Kier alpha value is -3.22. The number of anilines is 2. The van der Waals surface area contributed by atoms with Crippen LogP contribution < -0.4 is 10.6 Å². The second kappa shape index (κ2) is 10.0. The normalized spacial score (nSPS) is 11.1. The monoisotopic (exact) mass is 446 g/mol. The molecule has 0 radical (unpaired) electrons. The maximum absolute atomic E-state index is 12.7. The van der Waals surface area contributed by atoms with Crippen LogP contribution in [0.2, 0.25) is 0 Å². The maximum Gasteiger partial charge on any atom is 0.416 e. The standard InChI is InChI=1S/C17H17F3N4O5S/c1-2-29-15(26)8-11-9-30-16(22-11)23-14(25)5-6-21-12-4-3-10(17(18,19)20)7-13(12)24(27)28/h3-4,7,9,21H,2,5-6,8H2,1H3,(H,22,23,25). The Morgan fingerprint density at radius 2 is 2.07 bits per heavy atom. The van der Waals surface area contributed by atoms with E-state index in [-0.39, 0.29) is 36.8 Å². The van der Waals surface area contributed by atoms with E-state index in [2.05, 4.69) is 15.6 Å². The van der Waals surface area contributed by atoms with Crippen LogP contribution in [-0.4, -0.2) is 34.9 Å². The molecule has 0 bridgehead atoms. The maximum atomic E-state index is 12.7. The molecule has 2 N–H and O–H groups in total. The number of carbonyl (C=O) groups is 2. The lowest BCUT2D eigenvalue weighted by Crippen LogP contribution is -2.17. The summed E-state index contributed by atoms with van der Waals surface area (Å²) in [5, 5.41) is 18.0. The number of esters is 1. The zero-order valence-electron chi connectivity index (χ0n) is 15.6. The summed E-state index contributed by atoms with van der Waals surface area (Å²) < 4.78 is 42.9. The Bertz CT molecular complexity index is 932. The molecule has 0 aliphatic heterocycles. The van der Waals surface area contributed by atoms with Crippen LogP contribution in [0, 0.1) is 10.1 Å². The van der Waals surface area contributed by atoms with Crippen LogP contribution in [0.25, 0.3) is 0 Å². The predicted molar refractivity (Wildman–Crippen MR) is 102 cm³/mol. The van der Waals surface area contributed by atoms with Gasteiger partial charge in [-0.25, -0.2) is 4.98 Å². The van der Waals surface area contributed by atoms with Crippen molar-refractivity contribution in [2.45, 2.75) is 25.9 Å². The SMILES string of the molecule is CCOC(=O)Cc1csc(NC(=O)CCNc2ccc(C(F)(F)F)cc2[N+](=O)[O-])n1. The van der Waals surface area contributed by atoms with Gasteiger partial charge in [0.05, 0.1) is 29.2 Å². The van der Waals surface area contributed by atoms with Crippen LogP contribution in [0.4, 0.5) is 29.7 Å². The van der Waals surface area contributed by atoms with Crippen molar-refractivity contribution < 1.29 is 32.4 Å². The van der Waals surface area contributed by atoms with Gasteiger partial charge < -0.3 is 15.4 Å². The summed E-state index contributed by atoms with van der Waals surface area (Å²) in [5.74, 6) is -0.905. The highest BCUT2D eigenvalue weighted by atomic mass is 32.1. The van der Waals surface area contributed by atoms with Gasteiger partial charge in [-0.1, -0.05) is 0 Å². The first-order chi connectivity index (χ1) is 14.1. The van der Waals surface area contributed by atoms with E-state index in [0.717, 1.165) is 23.5 Å². The average molecular weight is 446 g/mol. The molecule has 9 nitrogen and oxygen atoms in total. The molecule has 162 valence electrons. The molecule has 1 heterocycles. The van der Waals surface area contributed by atoms with Crippen LogP contribution in [0.3, 0.4) is 0 Å². The lowest BCUT2D eigenvalue weighted by Gasteiger charge is -2.10. The molecule has 2 rings (SSSR count). The number of nitro benzene ring substituents is 1. The highest BCUT2D eigenvalue weighted by molar-refractivity contribution is 7.13. The molecule has 0 aliphatic rings. The first-order valence-corrected chi connectivity index (χ1v) is 9.47. The number of nitro groups is 1. The van der Waals surface area contributed by atoms with Crippen LogP contribution in [0.15, 0.2) is 23.6 Å². The van der Waals surface area contributed by atoms with Crippen LogP contribution in [-0.2, 0) is 26.9 Å². The van der Waals surface area contributed by atoms with Gasteiger partial charge >= 0.3 is 12.1 Å². The Kier molecular flexibility index (Phi) is 7.69. The van der Waals surface area contributed by atoms with E-state index in [1.54, 1.807) is 12.3 Å². The molecule has 2 aromatic rings. The van der Waals surface area contributed by atoms with E-state index in [1.165, 1.54) is 0 Å². The van der Waals surface area contributed by atoms with Gasteiger partial charge in [0, 0.05) is 24.4 Å². The summed E-state index contributed by atoms with van der Waals surface area (Å²) in [4.78, 5) is 37.6. The lowest BCUT2D eigenvalue weighted by atomic mass is 10.1. The number of hydrogen-bond acceptors (Lipinski definition) is 8. The van der Waals surface area contributed by atoms with Crippen molar-refractivity contribution in [1.82, 2.24) is 4.98 Å². The fourth-order valence-electron chi connectivity index (χ4n) is 2.31. The van der Waals surface area contributed by atoms with Gasteiger partial charge in [0.15, 0.2) is 5.13 Å². The topological polar surface area (TPSA) is 123 Å². The van der Waals surface area contributed by atoms with E-state index >= 15 is 0 Å². The zero-order chi connectivity index (χ0) is 22.3. The molecule has 0 unspecified atom stereocenters. The summed E-state index contributed by atoms with van der Waals surface area (Å²) in [6.07, 6.45) is -4.85. The molecular weight excluding hydrogens is 429 g/mol. The van der Waals surface area contributed by atoms with Crippen molar-refractivity contribution >= 4 is 39.7 Å². The highest BCUT2D eigenvalue weighted by Gasteiger charge is 2.33. The number of alkyl halides is 3. The minimum atomic E-state index is -4.71. The number of amides is 1. The Balaban J connectivity index is 1.90. The fraction of sp³-hybridized carbons (Fsp3) is 0.353. The molecule has 30 heavy (non-hydrogen) atoms. The van der Waals surface area contributed by atoms with Crippen molar-refractivity contribution in [3.8, 4) is 0 Å². The van der Waals surface area contributed by atoms with Crippen LogP contribution in [0.5, 0.6) is 0 Å². The largest absolute Gasteiger partial charge is 0.466 e. The van der Waals surface area contributed by atoms with Crippen molar-refractivity contribution in [2.24, 2.45) is 0 Å². The van der Waals surface area contributed by atoms with Gasteiger partial charge in [-0.15, -0.1) is 11.3 Å². The number of carbonyl (C=O) groups excluding carboxylic acids is 2. The second-order valence-corrected chi connectivity index (χ2v) is 6.70. The smallest absolute Gasteiger partial charge is 0.416 e. The number of nitrogens with one attached hydrogen (secondary N) is 2. The minimum Gasteiger partial charge on any atom is -0.466 e. The Morgan fingerprint density at radius 1 is 1.33 bits per heavy atom. The van der Waals surface area contributed by atoms with Gasteiger partial charge in [-0.2, -0.15) is 13.2 Å². The van der Waals surface area contributed by atoms with E-state index in [9.17, 15) is 32.9 Å². The number of thiazole rings is 1. The predicted octanol–water partition coefficient (Wildman–Crippen LogP) is 3.62. The molecule has 1 aromatic carbocycles. The molecule has 0 fully saturated rings. The zero-order valence-corrected chi connectivity index (χ0v) is 16.4. The number of ether oxygens (including phenoxy) is 1. The average Bonchev–Trinajstić information content (AvgIpc) is 3.07. The van der Waals surface area contributed by atoms with Gasteiger partial charge in [0.1, 0.15) is 5.69 Å². The molecule has 0 aliphatic carbocycles. The summed E-state index contributed by atoms with van der Waals surface area (Å²) >= 11 is 1.11. The van der Waals surface area contributed by atoms with E-state index < -0.39 is 34.2 Å². The van der Waals surface area contributed by atoms with E-state index in [1.807, 2.05) is 0 Å². The molecule has 1 aromatic heterocycles. The first-order valence-electron chi connectivity index (χ1n) is 8.59. The summed E-state index contributed by atoms with van der Waals surface area (Å²) in [7, 11) is 0. The summed E-state index contributed by atoms with van der Waals surface area (Å²) in [6, 6.07) is 2.10. The third kappa shape index (κ3) is 6.69. The number of aromatic nitrogens is 1. The third-order valence-corrected chi connectivity index (χ3v) is 4.42. The highest BCUT2D eigenvalue weighted by Crippen LogP contribution is 2.34. The van der Waals surface area contributed by atoms with Crippen molar-refractivity contribution in [2.75, 3.05) is 23.8 Å². The molecular formula is C17H17F3N4O5S. The number of halogens is 3. The number of hydrogen-bond donors (Lipinski definition) is 2. The third-order valence-electron chi connectivity index (χ3n) is 3.62. The Morgan fingerprint density at radius 3 is 2.70 bits per heavy atom. The van der Waals surface area contributed by atoms with E-state index in [4.69, 9.17) is 4.74 Å². The molecule has 0 saturated heterocycles. The molecule has 0 spiro atoms. The summed E-state index contributed by atoms with van der Waals surface area (Å²) in [6.45, 7) is 1.87. The van der Waals surface area contributed by atoms with Crippen LogP contribution in [0.1, 0.15) is 24.6 Å².